The molecule has 0 fully saturated rings. The van der Waals surface area contributed by atoms with Gasteiger partial charge in [-0.2, -0.15) is 5.10 Å². The van der Waals surface area contributed by atoms with Gasteiger partial charge in [0.15, 0.2) is 5.65 Å². The van der Waals surface area contributed by atoms with Gasteiger partial charge in [0, 0.05) is 12.1 Å². The van der Waals surface area contributed by atoms with Gasteiger partial charge >= 0.3 is 0 Å². The normalized spacial score (nSPS) is 11.1. The highest BCUT2D eigenvalue weighted by Crippen LogP contribution is 2.26. The Morgan fingerprint density at radius 1 is 1.16 bits per heavy atom. The fourth-order valence-electron chi connectivity index (χ4n) is 3.39. The third-order valence-electron chi connectivity index (χ3n) is 4.94. The molecule has 0 bridgehead atoms. The topological polar surface area (TPSA) is 85.8 Å². The molecule has 0 spiro atoms. The van der Waals surface area contributed by atoms with Gasteiger partial charge in [0.2, 0.25) is 5.89 Å². The molecule has 0 atom stereocenters. The van der Waals surface area contributed by atoms with E-state index >= 15 is 0 Å². The van der Waals surface area contributed by atoms with Crippen LogP contribution in [0.15, 0.2) is 70.8 Å². The number of aryl methyl sites for hydroxylation is 1. The fraction of sp³-hybridized carbons (Fsp3) is 0.130. The number of nitrogens with zero attached hydrogens (tertiary/aromatic N) is 4. The Morgan fingerprint density at radius 3 is 2.81 bits per heavy atom. The van der Waals surface area contributed by atoms with Gasteiger partial charge in [0.25, 0.3) is 5.91 Å². The summed E-state index contributed by atoms with van der Waals surface area (Å²) in [4.78, 5) is 23.3. The van der Waals surface area contributed by atoms with Crippen LogP contribution in [-0.2, 0) is 13.1 Å². The quantitative estimate of drug-likeness (QED) is 0.420. The molecular weight excluding hydrogens is 410 g/mol. The Bertz CT molecular complexity index is 1340. The first kappa shape index (κ1) is 19.2. The van der Waals surface area contributed by atoms with Gasteiger partial charge in [-0.05, 0) is 24.4 Å². The third kappa shape index (κ3) is 3.73. The number of thiophene rings is 1. The summed E-state index contributed by atoms with van der Waals surface area (Å²) in [6, 6.07) is 15.5. The van der Waals surface area contributed by atoms with Crippen molar-refractivity contribution >= 4 is 28.3 Å². The number of rotatable bonds is 6. The van der Waals surface area contributed by atoms with E-state index in [1.807, 2.05) is 60.8 Å². The van der Waals surface area contributed by atoms with Crippen molar-refractivity contribution in [1.29, 1.82) is 0 Å². The van der Waals surface area contributed by atoms with Crippen molar-refractivity contribution < 1.29 is 9.21 Å². The molecule has 1 aromatic carbocycles. The average Bonchev–Trinajstić information content (AvgIpc) is 3.57. The summed E-state index contributed by atoms with van der Waals surface area (Å²) in [6.07, 6.45) is 3.27. The van der Waals surface area contributed by atoms with E-state index in [4.69, 9.17) is 9.40 Å². The van der Waals surface area contributed by atoms with Crippen molar-refractivity contribution in [2.45, 2.75) is 20.0 Å². The molecule has 8 heteroatoms. The summed E-state index contributed by atoms with van der Waals surface area (Å²) in [5.41, 5.74) is 3.56. The highest BCUT2D eigenvalue weighted by atomic mass is 32.1. The fourth-order valence-corrected chi connectivity index (χ4v) is 4.05. The van der Waals surface area contributed by atoms with E-state index in [-0.39, 0.29) is 12.5 Å². The van der Waals surface area contributed by atoms with Crippen LogP contribution >= 0.6 is 11.3 Å². The van der Waals surface area contributed by atoms with Gasteiger partial charge in [-0.3, -0.25) is 4.79 Å². The predicted molar refractivity (Wildman–Crippen MR) is 120 cm³/mol. The summed E-state index contributed by atoms with van der Waals surface area (Å²) < 4.78 is 7.33. The first-order chi connectivity index (χ1) is 15.2. The molecule has 0 saturated heterocycles. The van der Waals surface area contributed by atoms with E-state index in [9.17, 15) is 4.79 Å². The Balaban J connectivity index is 1.44. The van der Waals surface area contributed by atoms with E-state index in [2.05, 4.69) is 15.4 Å². The van der Waals surface area contributed by atoms with Crippen molar-refractivity contribution in [3.05, 3.63) is 77.6 Å². The summed E-state index contributed by atoms with van der Waals surface area (Å²) in [7, 11) is 0. The Morgan fingerprint density at radius 2 is 2.03 bits per heavy atom. The molecule has 4 aromatic heterocycles. The SMILES string of the molecule is CCn1ncc2c(C(=O)NCc3coc(-c4cccs4)n3)cc(-c3ccccc3)nc21. The molecular formula is C23H19N5O2S. The summed E-state index contributed by atoms with van der Waals surface area (Å²) in [5.74, 6) is 0.349. The van der Waals surface area contributed by atoms with Gasteiger partial charge in [-0.25, -0.2) is 14.6 Å². The second-order valence-corrected chi connectivity index (χ2v) is 7.87. The molecule has 1 amide bonds. The first-order valence-electron chi connectivity index (χ1n) is 9.91. The average molecular weight is 430 g/mol. The van der Waals surface area contributed by atoms with Gasteiger partial charge < -0.3 is 9.73 Å². The van der Waals surface area contributed by atoms with E-state index in [0.717, 1.165) is 21.5 Å². The van der Waals surface area contributed by atoms with E-state index in [0.29, 0.717) is 29.3 Å². The number of oxazole rings is 1. The molecule has 0 radical (unpaired) electrons. The number of carbonyl (C=O) groups is 1. The van der Waals surface area contributed by atoms with Crippen LogP contribution in [-0.4, -0.2) is 25.7 Å². The van der Waals surface area contributed by atoms with Crippen LogP contribution in [0.2, 0.25) is 0 Å². The molecule has 5 aromatic rings. The van der Waals surface area contributed by atoms with E-state index in [1.54, 1.807) is 28.5 Å². The smallest absolute Gasteiger partial charge is 0.252 e. The third-order valence-corrected chi connectivity index (χ3v) is 5.79. The van der Waals surface area contributed by atoms with Crippen molar-refractivity contribution in [2.24, 2.45) is 0 Å². The number of nitrogens with one attached hydrogen (secondary N) is 1. The van der Waals surface area contributed by atoms with Crippen molar-refractivity contribution in [2.75, 3.05) is 0 Å². The van der Waals surface area contributed by atoms with Crippen molar-refractivity contribution in [3.63, 3.8) is 0 Å². The van der Waals surface area contributed by atoms with Gasteiger partial charge in [0.1, 0.15) is 6.26 Å². The molecule has 4 heterocycles. The van der Waals surface area contributed by atoms with Crippen LogP contribution < -0.4 is 5.32 Å². The van der Waals surface area contributed by atoms with Gasteiger partial charge in [0.05, 0.1) is 40.0 Å². The molecule has 0 saturated carbocycles. The predicted octanol–water partition coefficient (Wildman–Crippen LogP) is 4.76. The maximum Gasteiger partial charge on any atom is 0.252 e. The number of carbonyl (C=O) groups excluding carboxylic acids is 1. The molecule has 0 unspecified atom stereocenters. The molecule has 31 heavy (non-hydrogen) atoms. The van der Waals surface area contributed by atoms with Crippen LogP contribution in [0.3, 0.4) is 0 Å². The number of benzene rings is 1. The minimum Gasteiger partial charge on any atom is -0.443 e. The zero-order valence-electron chi connectivity index (χ0n) is 16.8. The van der Waals surface area contributed by atoms with E-state index in [1.165, 1.54) is 0 Å². The van der Waals surface area contributed by atoms with E-state index < -0.39 is 0 Å². The van der Waals surface area contributed by atoms with Crippen molar-refractivity contribution in [3.8, 4) is 22.0 Å². The zero-order valence-corrected chi connectivity index (χ0v) is 17.6. The molecule has 0 aliphatic heterocycles. The zero-order chi connectivity index (χ0) is 21.2. The number of hydrogen-bond donors (Lipinski definition) is 1. The lowest BCUT2D eigenvalue weighted by Gasteiger charge is -2.09. The first-order valence-corrected chi connectivity index (χ1v) is 10.8. The monoisotopic (exact) mass is 429 g/mol. The maximum absolute atomic E-state index is 13.1. The van der Waals surface area contributed by atoms with Crippen LogP contribution in [0.25, 0.3) is 33.1 Å². The number of amides is 1. The Kier molecular flexibility index (Phi) is 5.05. The Hall–Kier alpha value is -3.78. The Labute approximate surface area is 182 Å². The van der Waals surface area contributed by atoms with Crippen LogP contribution in [0.5, 0.6) is 0 Å². The summed E-state index contributed by atoms with van der Waals surface area (Å²) >= 11 is 1.56. The molecule has 0 aliphatic carbocycles. The number of pyridine rings is 1. The van der Waals surface area contributed by atoms with Crippen molar-refractivity contribution in [1.82, 2.24) is 25.1 Å². The lowest BCUT2D eigenvalue weighted by atomic mass is 10.1. The standard InChI is InChI=1S/C23H19N5O2S/c1-2-28-21-18(13-25-28)17(11-19(27-21)15-7-4-3-5-8-15)22(29)24-12-16-14-30-23(26-16)20-9-6-10-31-20/h3-11,13-14H,2,12H2,1H3,(H,24,29). The second kappa shape index (κ2) is 8.16. The van der Waals surface area contributed by atoms with Crippen LogP contribution in [0, 0.1) is 0 Å². The van der Waals surface area contributed by atoms with Crippen LogP contribution in [0.1, 0.15) is 23.0 Å². The number of aromatic nitrogens is 4. The van der Waals surface area contributed by atoms with Gasteiger partial charge in [-0.15, -0.1) is 11.3 Å². The molecule has 0 aliphatic rings. The number of hydrogen-bond acceptors (Lipinski definition) is 6. The van der Waals surface area contributed by atoms with Crippen LogP contribution in [0.4, 0.5) is 0 Å². The highest BCUT2D eigenvalue weighted by Gasteiger charge is 2.18. The summed E-state index contributed by atoms with van der Waals surface area (Å²) in [6.45, 7) is 2.93. The summed E-state index contributed by atoms with van der Waals surface area (Å²) in [5, 5.41) is 10.0. The minimum atomic E-state index is -0.207. The highest BCUT2D eigenvalue weighted by molar-refractivity contribution is 7.13. The number of fused-ring (bicyclic) bond motifs is 1. The molecule has 5 rings (SSSR count). The lowest BCUT2D eigenvalue weighted by molar-refractivity contribution is 0.0952. The molecule has 154 valence electrons. The minimum absolute atomic E-state index is 0.207. The molecule has 7 nitrogen and oxygen atoms in total. The maximum atomic E-state index is 13.1. The second-order valence-electron chi connectivity index (χ2n) is 6.92. The molecule has 1 N–H and O–H groups in total. The van der Waals surface area contributed by atoms with Gasteiger partial charge in [-0.1, -0.05) is 36.4 Å². The lowest BCUT2D eigenvalue weighted by Crippen LogP contribution is -2.23. The largest absolute Gasteiger partial charge is 0.443 e.